The molecule has 0 spiro atoms. The fraction of sp³-hybridized carbons (Fsp3) is 0.143. The van der Waals surface area contributed by atoms with Crippen LogP contribution < -0.4 is 10.2 Å². The molecule has 19 heavy (non-hydrogen) atoms. The first-order chi connectivity index (χ1) is 9.24. The highest BCUT2D eigenvalue weighted by Gasteiger charge is 2.00. The van der Waals surface area contributed by atoms with Crippen molar-refractivity contribution in [3.8, 4) is 5.75 Å². The van der Waals surface area contributed by atoms with E-state index in [1.807, 2.05) is 48.7 Å². The Morgan fingerprint density at radius 2 is 2.16 bits per heavy atom. The van der Waals surface area contributed by atoms with Crippen LogP contribution in [0.25, 0.3) is 0 Å². The van der Waals surface area contributed by atoms with Gasteiger partial charge in [0, 0.05) is 4.88 Å². The van der Waals surface area contributed by atoms with Gasteiger partial charge >= 0.3 is 0 Å². The van der Waals surface area contributed by atoms with E-state index in [1.54, 1.807) is 17.6 Å². The lowest BCUT2D eigenvalue weighted by Crippen LogP contribution is -2.24. The van der Waals surface area contributed by atoms with Crippen LogP contribution in [0.5, 0.6) is 5.75 Å². The fourth-order valence-corrected chi connectivity index (χ4v) is 1.93. The summed E-state index contributed by atoms with van der Waals surface area (Å²) < 4.78 is 5.33. The monoisotopic (exact) mass is 274 g/mol. The van der Waals surface area contributed by atoms with E-state index in [4.69, 9.17) is 4.74 Å². The quantitative estimate of drug-likeness (QED) is 0.673. The molecule has 0 bridgehead atoms. The van der Waals surface area contributed by atoms with Crippen LogP contribution in [0.15, 0.2) is 46.9 Å². The van der Waals surface area contributed by atoms with Crippen molar-refractivity contribution in [1.29, 1.82) is 0 Å². The molecule has 5 heteroatoms. The van der Waals surface area contributed by atoms with E-state index in [1.165, 1.54) is 0 Å². The summed E-state index contributed by atoms with van der Waals surface area (Å²) in [7, 11) is 0. The summed E-state index contributed by atoms with van der Waals surface area (Å²) in [6, 6.07) is 11.4. The van der Waals surface area contributed by atoms with E-state index >= 15 is 0 Å². The number of hydrogen-bond acceptors (Lipinski definition) is 4. The normalized spacial score (nSPS) is 10.6. The topological polar surface area (TPSA) is 50.7 Å². The first-order valence-electron chi connectivity index (χ1n) is 5.79. The molecule has 4 nitrogen and oxygen atoms in total. The predicted octanol–water partition coefficient (Wildman–Crippen LogP) is 2.59. The Balaban J connectivity index is 1.74. The van der Waals surface area contributed by atoms with Crippen LogP contribution >= 0.6 is 11.3 Å². The zero-order valence-electron chi connectivity index (χ0n) is 10.5. The Morgan fingerprint density at radius 3 is 2.84 bits per heavy atom. The highest BCUT2D eigenvalue weighted by molar-refractivity contribution is 7.11. The predicted molar refractivity (Wildman–Crippen MR) is 76.7 cm³/mol. The number of ether oxygens (including phenoxy) is 1. The van der Waals surface area contributed by atoms with Crippen LogP contribution in [0, 0.1) is 6.92 Å². The summed E-state index contributed by atoms with van der Waals surface area (Å²) in [5.74, 6) is 0.386. The fourth-order valence-electron chi connectivity index (χ4n) is 1.35. The third-order valence-electron chi connectivity index (χ3n) is 2.32. The second-order valence-electron chi connectivity index (χ2n) is 3.91. The molecule has 0 fully saturated rings. The second-order valence-corrected chi connectivity index (χ2v) is 4.89. The van der Waals surface area contributed by atoms with Crippen molar-refractivity contribution >= 4 is 23.5 Å². The average molecular weight is 274 g/mol. The van der Waals surface area contributed by atoms with Crippen molar-refractivity contribution < 1.29 is 9.53 Å². The molecular weight excluding hydrogens is 260 g/mol. The Hall–Kier alpha value is -2.14. The molecule has 1 N–H and O–H groups in total. The van der Waals surface area contributed by atoms with Crippen molar-refractivity contribution in [2.24, 2.45) is 5.10 Å². The lowest BCUT2D eigenvalue weighted by atomic mass is 10.2. The molecule has 0 atom stereocenters. The van der Waals surface area contributed by atoms with Crippen molar-refractivity contribution in [1.82, 2.24) is 5.43 Å². The van der Waals surface area contributed by atoms with Gasteiger partial charge in [-0.05, 0) is 30.5 Å². The molecule has 1 aromatic heterocycles. The number of nitrogens with zero attached hydrogens (tertiary/aromatic N) is 1. The van der Waals surface area contributed by atoms with Gasteiger partial charge in [0.1, 0.15) is 5.75 Å². The molecule has 2 rings (SSSR count). The summed E-state index contributed by atoms with van der Waals surface area (Å²) >= 11 is 1.55. The molecule has 0 unspecified atom stereocenters. The molecule has 0 saturated heterocycles. The van der Waals surface area contributed by atoms with Gasteiger partial charge in [-0.1, -0.05) is 23.8 Å². The highest BCUT2D eigenvalue weighted by Crippen LogP contribution is 2.10. The summed E-state index contributed by atoms with van der Waals surface area (Å²) in [5, 5.41) is 5.79. The number of rotatable bonds is 5. The van der Waals surface area contributed by atoms with E-state index < -0.39 is 0 Å². The van der Waals surface area contributed by atoms with E-state index in [0.29, 0.717) is 5.75 Å². The molecule has 1 heterocycles. The summed E-state index contributed by atoms with van der Waals surface area (Å²) in [6.07, 6.45) is 1.61. The maximum atomic E-state index is 11.5. The number of aryl methyl sites for hydroxylation is 1. The number of hydrogen-bond donors (Lipinski definition) is 1. The minimum absolute atomic E-state index is 0.0508. The van der Waals surface area contributed by atoms with Gasteiger partial charge in [-0.25, -0.2) is 5.43 Å². The van der Waals surface area contributed by atoms with E-state index in [2.05, 4.69) is 10.5 Å². The molecule has 0 aliphatic rings. The van der Waals surface area contributed by atoms with Gasteiger partial charge in [0.05, 0.1) is 6.21 Å². The summed E-state index contributed by atoms with van der Waals surface area (Å²) in [4.78, 5) is 12.5. The Labute approximate surface area is 115 Å². The SMILES string of the molecule is Cc1ccc(OCC(=O)N/N=C/c2cccs2)cc1. The van der Waals surface area contributed by atoms with Crippen molar-refractivity contribution in [3.05, 3.63) is 52.2 Å². The smallest absolute Gasteiger partial charge is 0.277 e. The van der Waals surface area contributed by atoms with Crippen molar-refractivity contribution in [2.45, 2.75) is 6.92 Å². The Morgan fingerprint density at radius 1 is 1.37 bits per heavy atom. The van der Waals surface area contributed by atoms with Gasteiger partial charge in [0.25, 0.3) is 5.91 Å². The van der Waals surface area contributed by atoms with Crippen LogP contribution in [-0.2, 0) is 4.79 Å². The lowest BCUT2D eigenvalue weighted by Gasteiger charge is -2.04. The van der Waals surface area contributed by atoms with Crippen LogP contribution in [0.2, 0.25) is 0 Å². The minimum Gasteiger partial charge on any atom is -0.484 e. The number of hydrazone groups is 1. The van der Waals surface area contributed by atoms with Gasteiger partial charge in [-0.3, -0.25) is 4.79 Å². The third kappa shape index (κ3) is 4.56. The number of carbonyl (C=O) groups is 1. The van der Waals surface area contributed by atoms with Crippen molar-refractivity contribution in [3.63, 3.8) is 0 Å². The largest absolute Gasteiger partial charge is 0.484 e. The maximum absolute atomic E-state index is 11.5. The van der Waals surface area contributed by atoms with E-state index in [0.717, 1.165) is 10.4 Å². The molecule has 98 valence electrons. The van der Waals surface area contributed by atoms with Gasteiger partial charge in [-0.15, -0.1) is 11.3 Å². The summed E-state index contributed by atoms with van der Waals surface area (Å²) in [6.45, 7) is 1.95. The van der Waals surface area contributed by atoms with Crippen LogP contribution in [0.4, 0.5) is 0 Å². The maximum Gasteiger partial charge on any atom is 0.277 e. The molecule has 0 aliphatic heterocycles. The standard InChI is InChI=1S/C14H14N2O2S/c1-11-4-6-12(7-5-11)18-10-14(17)16-15-9-13-3-2-8-19-13/h2-9H,10H2,1H3,(H,16,17)/b15-9+. The number of carbonyl (C=O) groups excluding carboxylic acids is 1. The molecule has 2 aromatic rings. The van der Waals surface area contributed by atoms with Crippen molar-refractivity contribution in [2.75, 3.05) is 6.61 Å². The first kappa shape index (κ1) is 13.3. The molecule has 1 amide bonds. The molecule has 0 radical (unpaired) electrons. The average Bonchev–Trinajstić information content (AvgIpc) is 2.91. The lowest BCUT2D eigenvalue weighted by molar-refractivity contribution is -0.123. The zero-order valence-corrected chi connectivity index (χ0v) is 11.3. The van der Waals surface area contributed by atoms with Gasteiger partial charge in [0.2, 0.25) is 0 Å². The highest BCUT2D eigenvalue weighted by atomic mass is 32.1. The Bertz CT molecular complexity index is 547. The first-order valence-corrected chi connectivity index (χ1v) is 6.67. The minimum atomic E-state index is -0.284. The molecular formula is C14H14N2O2S. The van der Waals surface area contributed by atoms with Gasteiger partial charge in [-0.2, -0.15) is 5.10 Å². The number of thiophene rings is 1. The molecule has 1 aromatic carbocycles. The molecule has 0 saturated carbocycles. The van der Waals surface area contributed by atoms with E-state index in [-0.39, 0.29) is 12.5 Å². The second kappa shape index (κ2) is 6.70. The van der Waals surface area contributed by atoms with Gasteiger partial charge in [0.15, 0.2) is 6.61 Å². The van der Waals surface area contributed by atoms with Crippen LogP contribution in [0.1, 0.15) is 10.4 Å². The van der Waals surface area contributed by atoms with E-state index in [9.17, 15) is 4.79 Å². The summed E-state index contributed by atoms with van der Waals surface area (Å²) in [5.41, 5.74) is 3.57. The Kier molecular flexibility index (Phi) is 4.69. The zero-order chi connectivity index (χ0) is 13.5. The van der Waals surface area contributed by atoms with Crippen LogP contribution in [-0.4, -0.2) is 18.7 Å². The molecule has 0 aliphatic carbocycles. The van der Waals surface area contributed by atoms with Crippen LogP contribution in [0.3, 0.4) is 0 Å². The van der Waals surface area contributed by atoms with Gasteiger partial charge < -0.3 is 4.74 Å². The number of nitrogens with one attached hydrogen (secondary N) is 1. The number of benzene rings is 1. The number of amides is 1. The third-order valence-corrected chi connectivity index (χ3v) is 3.12.